The van der Waals surface area contributed by atoms with Gasteiger partial charge in [0.15, 0.2) is 0 Å². The van der Waals surface area contributed by atoms with Crippen LogP contribution in [0.25, 0.3) is 0 Å². The van der Waals surface area contributed by atoms with Crippen LogP contribution in [-0.4, -0.2) is 102 Å². The fraction of sp³-hybridized carbons (Fsp3) is 0.789. The van der Waals surface area contributed by atoms with Gasteiger partial charge in [-0.15, -0.1) is 10.9 Å². The van der Waals surface area contributed by atoms with E-state index in [1.165, 1.54) is 92.3 Å². The number of nitrogens with zero attached hydrogens (tertiary/aromatic N) is 2. The predicted octanol–water partition coefficient (Wildman–Crippen LogP) is -2.45. The summed E-state index contributed by atoms with van der Waals surface area (Å²) in [7, 11) is 0. The van der Waals surface area contributed by atoms with E-state index in [0.717, 1.165) is 36.8 Å². The van der Waals surface area contributed by atoms with Crippen LogP contribution < -0.4 is 11.2 Å². The molecule has 9 aliphatic heterocycles. The number of hydrogen-bond donors (Lipinski definition) is 2. The Morgan fingerprint density at radius 2 is 1.67 bits per heavy atom. The molecule has 0 spiro atoms. The van der Waals surface area contributed by atoms with Gasteiger partial charge in [0.25, 0.3) is 5.56 Å². The zero-order valence-electron chi connectivity index (χ0n) is 21.0. The van der Waals surface area contributed by atoms with Gasteiger partial charge in [0.2, 0.25) is 0 Å². The van der Waals surface area contributed by atoms with Crippen molar-refractivity contribution in [3.8, 4) is 0 Å². The number of rotatable bonds is 10. The summed E-state index contributed by atoms with van der Waals surface area (Å²) >= 11 is 0. The number of hydrogen-bond acceptors (Lipinski definition) is 5. The fourth-order valence-corrected chi connectivity index (χ4v) is 12.7. The van der Waals surface area contributed by atoms with Crippen molar-refractivity contribution in [2.45, 2.75) is 87.8 Å². The van der Waals surface area contributed by atoms with Crippen molar-refractivity contribution in [1.82, 2.24) is 9.13 Å². The monoisotopic (exact) mass is 474 g/mol. The molecule has 0 saturated carbocycles. The fourth-order valence-electron chi connectivity index (χ4n) is 12.7. The molecule has 9 saturated heterocycles. The topological polar surface area (TPSA) is 93.7 Å². The van der Waals surface area contributed by atoms with Gasteiger partial charge in [-0.3, -0.25) is 13.9 Å². The molecule has 7 nitrogen and oxygen atoms in total. The number of aryl methyl sites for hydroxylation is 1. The highest BCUT2D eigenvalue weighted by atomic mass is 16.5. The molecule has 0 aliphatic carbocycles. The third-order valence-electron chi connectivity index (χ3n) is 13.1. The van der Waals surface area contributed by atoms with E-state index in [1.54, 1.807) is 6.92 Å². The first kappa shape index (κ1) is 22.1. The van der Waals surface area contributed by atoms with Crippen LogP contribution >= 0.6 is 0 Å². The Balaban J connectivity index is 0.806. The van der Waals surface area contributed by atoms with Crippen molar-refractivity contribution in [2.24, 2.45) is 0 Å². The molecule has 17 heteroatoms. The minimum absolute atomic E-state index is 0.235. The maximum Gasteiger partial charge on any atom is 0.333 e. The van der Waals surface area contributed by atoms with Crippen LogP contribution in [0.2, 0.25) is 10.9 Å². The highest BCUT2D eigenvalue weighted by Gasteiger charge is 3.04. The molecule has 0 aromatic carbocycles. The second-order valence-corrected chi connectivity index (χ2v) is 13.9. The first-order valence-corrected chi connectivity index (χ1v) is 14.8. The molecule has 5 atom stereocenters. The summed E-state index contributed by atoms with van der Waals surface area (Å²) in [6, 6.07) is 0. The largest absolute Gasteiger partial charge is 0.394 e. The Hall–Kier alpha value is -0.791. The number of ether oxygens (including phenoxy) is 1. The lowest BCUT2D eigenvalue weighted by Gasteiger charge is -2.42. The maximum absolute atomic E-state index is 13.1. The highest BCUT2D eigenvalue weighted by molar-refractivity contribution is 8.55. The molecule has 0 radical (unpaired) electrons. The van der Waals surface area contributed by atoms with Gasteiger partial charge in [-0.1, -0.05) is 32.1 Å². The first-order chi connectivity index (χ1) is 17.5. The molecule has 10 heterocycles. The molecule has 9 aliphatic rings. The summed E-state index contributed by atoms with van der Waals surface area (Å²) in [5, 5.41) is 20.2. The molecule has 0 bridgehead atoms. The number of aromatic nitrogens is 2. The molecule has 0 amide bonds. The number of aliphatic hydroxyl groups is 2. The van der Waals surface area contributed by atoms with Crippen LogP contribution in [0.4, 0.5) is 0 Å². The second-order valence-electron chi connectivity index (χ2n) is 13.9. The van der Waals surface area contributed by atoms with Crippen LogP contribution in [0.3, 0.4) is 0 Å². The Labute approximate surface area is 215 Å². The average molecular weight is 473 g/mol. The van der Waals surface area contributed by atoms with Gasteiger partial charge in [0, 0.05) is 89.0 Å². The minimum Gasteiger partial charge on any atom is -0.394 e. The van der Waals surface area contributed by atoms with Crippen molar-refractivity contribution in [3.63, 3.8) is 0 Å². The summed E-state index contributed by atoms with van der Waals surface area (Å²) in [6.07, 6.45) is 13.9. The van der Waals surface area contributed by atoms with Crippen molar-refractivity contribution in [3.05, 3.63) is 32.6 Å². The van der Waals surface area contributed by atoms with Crippen molar-refractivity contribution in [1.29, 1.82) is 0 Å². The van der Waals surface area contributed by atoms with Gasteiger partial charge in [0.05, 0.1) is 12.7 Å². The third-order valence-corrected chi connectivity index (χ3v) is 13.1. The smallest absolute Gasteiger partial charge is 0.333 e. The predicted molar refractivity (Wildman–Crippen MR) is 153 cm³/mol. The highest BCUT2D eigenvalue weighted by Crippen LogP contribution is 2.83. The minimum atomic E-state index is -0.815. The van der Waals surface area contributed by atoms with Gasteiger partial charge in [-0.2, -0.15) is 0 Å². The zero-order valence-corrected chi connectivity index (χ0v) is 21.0. The van der Waals surface area contributed by atoms with E-state index < -0.39 is 18.4 Å². The Morgan fingerprint density at radius 1 is 1.00 bits per heavy atom. The summed E-state index contributed by atoms with van der Waals surface area (Å²) in [5.74, 6) is 0. The third kappa shape index (κ3) is 2.31. The Bertz CT molecular complexity index is 1260. The van der Waals surface area contributed by atoms with E-state index in [-0.39, 0.29) is 24.3 Å². The average Bonchev–Trinajstić information content (AvgIpc) is 3.31. The molecule has 174 valence electrons. The van der Waals surface area contributed by atoms with E-state index in [1.807, 2.05) is 0 Å². The van der Waals surface area contributed by atoms with Crippen LogP contribution in [0.1, 0.15) is 56.7 Å². The van der Waals surface area contributed by atoms with Gasteiger partial charge in [-0.05, 0) is 13.3 Å². The molecule has 36 heavy (non-hydrogen) atoms. The Morgan fingerprint density at radius 3 is 2.42 bits per heavy atom. The molecular weight excluding hydrogens is 444 g/mol. The van der Waals surface area contributed by atoms with E-state index >= 15 is 0 Å². The summed E-state index contributed by atoms with van der Waals surface area (Å²) in [6.45, 7) is 6.51. The first-order valence-electron chi connectivity index (χ1n) is 14.8. The van der Waals surface area contributed by atoms with Crippen LogP contribution in [0.5, 0.6) is 0 Å². The van der Waals surface area contributed by atoms with E-state index in [0.29, 0.717) is 12.1 Å². The second kappa shape index (κ2) is 7.04. The van der Waals surface area contributed by atoms with Gasteiger partial charge in [0.1, 0.15) is 12.3 Å². The zero-order chi connectivity index (χ0) is 24.2. The lowest BCUT2D eigenvalue weighted by atomic mass is 8.68. The molecule has 1 aromatic rings. The van der Waals surface area contributed by atoms with Crippen LogP contribution in [-0.2, 0) is 11.3 Å². The van der Waals surface area contributed by atoms with Crippen molar-refractivity contribution in [2.75, 3.05) is 6.61 Å². The lowest BCUT2D eigenvalue weighted by molar-refractivity contribution is -0.0464. The van der Waals surface area contributed by atoms with Crippen molar-refractivity contribution >= 4 is 64.3 Å². The summed E-state index contributed by atoms with van der Waals surface area (Å²) < 4.78 is 8.42. The quantitative estimate of drug-likeness (QED) is 0.291. The summed E-state index contributed by atoms with van der Waals surface area (Å²) in [4.78, 5) is 25.8. The van der Waals surface area contributed by atoms with Gasteiger partial charge >= 0.3 is 5.69 Å². The molecular formula is C19H28B10N2O5. The molecule has 5 unspecified atom stereocenters. The number of unbranched alkanes of at least 4 members (excludes halogenated alkanes) is 4. The van der Waals surface area contributed by atoms with Crippen molar-refractivity contribution < 1.29 is 14.9 Å². The molecule has 10 rings (SSSR count). The molecule has 9 fully saturated rings. The van der Waals surface area contributed by atoms with Crippen LogP contribution in [0.15, 0.2) is 15.8 Å². The van der Waals surface area contributed by atoms with Crippen LogP contribution in [0, 0.1) is 6.92 Å². The number of aliphatic hydroxyl groups excluding tert-OH is 2. The van der Waals surface area contributed by atoms with Gasteiger partial charge in [-0.25, -0.2) is 4.79 Å². The standard InChI is InChI=1S/C19H28B10N2O5/c1-12-10-31(15-9-13(33)14(11-32)36-15)18(35)30(16(12)34)8-6-4-2-3-5-7-19-17-20-24-22(19)29-27(26(20)24)21(17)25-23(19)28(25)29/h10,13-15,17,32-33H,2-9,11H2,1H3. The maximum atomic E-state index is 13.1. The SMILES string of the molecule is Cc1cn(C2CC(O)C(CO)O2)c(=O)n(CCCCCCCC23B4B5B6B7B4B7C2B6B2B5B23)c1=O. The van der Waals surface area contributed by atoms with E-state index in [2.05, 4.69) is 0 Å². The van der Waals surface area contributed by atoms with E-state index in [9.17, 15) is 19.8 Å². The lowest BCUT2D eigenvalue weighted by Crippen LogP contribution is -2.55. The normalized spacial score (nSPS) is 34.4. The molecule has 2 N–H and O–H groups in total. The Kier molecular flexibility index (Phi) is 4.32. The van der Waals surface area contributed by atoms with Gasteiger partial charge < -0.3 is 14.9 Å². The van der Waals surface area contributed by atoms with E-state index in [4.69, 9.17) is 4.74 Å². The summed E-state index contributed by atoms with van der Waals surface area (Å²) in [5.41, 5.74) is 1.03. The molecule has 1 aromatic heterocycles.